The number of nitrogens with zero attached hydrogens (tertiary/aromatic N) is 1. The lowest BCUT2D eigenvalue weighted by Crippen LogP contribution is -2.30. The molecule has 0 aliphatic heterocycles. The minimum atomic E-state index is 1.12. The van der Waals surface area contributed by atoms with Gasteiger partial charge >= 0.3 is 0 Å². The first-order valence-electron chi connectivity index (χ1n) is 4.48. The molecular weight excluding hydrogens is 238 g/mol. The molecule has 0 atom stereocenters. The van der Waals surface area contributed by atoms with Crippen molar-refractivity contribution < 1.29 is 4.57 Å². The molecule has 1 nitrogen and oxygen atoms in total. The standard InChI is InChI=1S/C12H11BrN/c1-14-9-5-8-11(13)12(14)10-6-3-2-4-7-10/h2-9H,1H3/q+1. The molecular formula is C12H11BrN+. The van der Waals surface area contributed by atoms with Gasteiger partial charge in [-0.1, -0.05) is 18.2 Å². The molecule has 0 bridgehead atoms. The van der Waals surface area contributed by atoms with Crippen molar-refractivity contribution in [1.29, 1.82) is 0 Å². The van der Waals surface area contributed by atoms with E-state index in [4.69, 9.17) is 0 Å². The first-order valence-corrected chi connectivity index (χ1v) is 5.28. The van der Waals surface area contributed by atoms with Gasteiger partial charge in [-0.3, -0.25) is 0 Å². The third kappa shape index (κ3) is 1.70. The Balaban J connectivity index is 2.63. The molecule has 2 aromatic rings. The van der Waals surface area contributed by atoms with E-state index in [1.165, 1.54) is 11.3 Å². The number of halogens is 1. The molecule has 0 radical (unpaired) electrons. The largest absolute Gasteiger partial charge is 0.226 e. The van der Waals surface area contributed by atoms with Gasteiger partial charge in [-0.05, 0) is 34.1 Å². The number of benzene rings is 1. The third-order valence-corrected chi connectivity index (χ3v) is 2.82. The van der Waals surface area contributed by atoms with Gasteiger partial charge in [-0.2, -0.15) is 0 Å². The predicted octanol–water partition coefficient (Wildman–Crippen LogP) is 2.94. The molecule has 0 spiro atoms. The van der Waals surface area contributed by atoms with E-state index in [1.807, 2.05) is 25.4 Å². The maximum Gasteiger partial charge on any atom is 0.226 e. The molecule has 0 saturated carbocycles. The van der Waals surface area contributed by atoms with Gasteiger partial charge in [0.15, 0.2) is 6.20 Å². The second-order valence-electron chi connectivity index (χ2n) is 3.18. The SMILES string of the molecule is C[n+]1cccc(Br)c1-c1ccccc1. The van der Waals surface area contributed by atoms with Gasteiger partial charge in [0.2, 0.25) is 5.69 Å². The average Bonchev–Trinajstić information content (AvgIpc) is 2.19. The van der Waals surface area contributed by atoms with Crippen LogP contribution in [0.5, 0.6) is 0 Å². The molecule has 0 N–H and O–H groups in total. The second kappa shape index (κ2) is 3.93. The molecule has 1 heterocycles. The van der Waals surface area contributed by atoms with Crippen LogP contribution in [0.2, 0.25) is 0 Å². The number of hydrogen-bond donors (Lipinski definition) is 0. The molecule has 14 heavy (non-hydrogen) atoms. The molecule has 0 unspecified atom stereocenters. The van der Waals surface area contributed by atoms with E-state index in [-0.39, 0.29) is 0 Å². The Bertz CT molecular complexity index is 417. The topological polar surface area (TPSA) is 3.88 Å². The Morgan fingerprint density at radius 1 is 1.00 bits per heavy atom. The molecule has 1 aromatic carbocycles. The summed E-state index contributed by atoms with van der Waals surface area (Å²) in [5, 5.41) is 0. The fourth-order valence-corrected chi connectivity index (χ4v) is 2.18. The summed E-state index contributed by atoms with van der Waals surface area (Å²) in [6.07, 6.45) is 2.05. The van der Waals surface area contributed by atoms with Crippen molar-refractivity contribution in [3.05, 3.63) is 53.1 Å². The molecule has 2 heteroatoms. The van der Waals surface area contributed by atoms with Crippen molar-refractivity contribution in [3.63, 3.8) is 0 Å². The van der Waals surface area contributed by atoms with Crippen LogP contribution >= 0.6 is 15.9 Å². The quantitative estimate of drug-likeness (QED) is 0.684. The molecule has 70 valence electrons. The van der Waals surface area contributed by atoms with Crippen LogP contribution in [0.15, 0.2) is 53.1 Å². The van der Waals surface area contributed by atoms with Crippen LogP contribution in [0.1, 0.15) is 0 Å². The Morgan fingerprint density at radius 2 is 1.71 bits per heavy atom. The summed E-state index contributed by atoms with van der Waals surface area (Å²) in [5.41, 5.74) is 2.43. The van der Waals surface area contributed by atoms with E-state index in [9.17, 15) is 0 Å². The van der Waals surface area contributed by atoms with Crippen LogP contribution in [0.3, 0.4) is 0 Å². The Morgan fingerprint density at radius 3 is 2.36 bits per heavy atom. The van der Waals surface area contributed by atoms with Crippen molar-refractivity contribution in [2.45, 2.75) is 0 Å². The smallest absolute Gasteiger partial charge is 0.200 e. The Labute approximate surface area is 92.2 Å². The van der Waals surface area contributed by atoms with Crippen LogP contribution in [0, 0.1) is 0 Å². The number of rotatable bonds is 1. The van der Waals surface area contributed by atoms with Crippen LogP contribution < -0.4 is 4.57 Å². The van der Waals surface area contributed by atoms with E-state index in [1.54, 1.807) is 0 Å². The highest BCUT2D eigenvalue weighted by molar-refractivity contribution is 9.10. The highest BCUT2D eigenvalue weighted by Crippen LogP contribution is 2.23. The van der Waals surface area contributed by atoms with E-state index >= 15 is 0 Å². The lowest BCUT2D eigenvalue weighted by molar-refractivity contribution is -0.660. The molecule has 0 amide bonds. The number of aryl methyl sites for hydroxylation is 1. The minimum absolute atomic E-state index is 1.12. The molecule has 1 aromatic heterocycles. The Kier molecular flexibility index (Phi) is 2.64. The zero-order valence-electron chi connectivity index (χ0n) is 7.94. The first-order chi connectivity index (χ1) is 6.79. The Hall–Kier alpha value is -1.15. The van der Waals surface area contributed by atoms with Gasteiger partial charge in [0.1, 0.15) is 7.05 Å². The van der Waals surface area contributed by atoms with Gasteiger partial charge in [0.25, 0.3) is 0 Å². The van der Waals surface area contributed by atoms with Crippen molar-refractivity contribution in [3.8, 4) is 11.3 Å². The highest BCUT2D eigenvalue weighted by atomic mass is 79.9. The third-order valence-electron chi connectivity index (χ3n) is 2.18. The predicted molar refractivity (Wildman–Crippen MR) is 60.8 cm³/mol. The molecule has 0 aliphatic rings. The summed E-state index contributed by atoms with van der Waals surface area (Å²) in [5.74, 6) is 0. The van der Waals surface area contributed by atoms with Gasteiger partial charge < -0.3 is 0 Å². The summed E-state index contributed by atoms with van der Waals surface area (Å²) in [6, 6.07) is 14.4. The van der Waals surface area contributed by atoms with Crippen molar-refractivity contribution in [2.75, 3.05) is 0 Å². The van der Waals surface area contributed by atoms with E-state index in [0.717, 1.165) is 4.47 Å². The van der Waals surface area contributed by atoms with Crippen molar-refractivity contribution >= 4 is 15.9 Å². The second-order valence-corrected chi connectivity index (χ2v) is 4.04. The highest BCUT2D eigenvalue weighted by Gasteiger charge is 2.12. The lowest BCUT2D eigenvalue weighted by Gasteiger charge is -2.01. The number of hydrogen-bond acceptors (Lipinski definition) is 0. The fraction of sp³-hybridized carbons (Fsp3) is 0.0833. The average molecular weight is 249 g/mol. The minimum Gasteiger partial charge on any atom is -0.200 e. The van der Waals surface area contributed by atoms with Crippen molar-refractivity contribution in [2.24, 2.45) is 7.05 Å². The fourth-order valence-electron chi connectivity index (χ4n) is 1.52. The molecule has 0 aliphatic carbocycles. The van der Waals surface area contributed by atoms with Crippen LogP contribution in [0.25, 0.3) is 11.3 Å². The van der Waals surface area contributed by atoms with Crippen LogP contribution in [-0.4, -0.2) is 0 Å². The van der Waals surface area contributed by atoms with Crippen LogP contribution in [0.4, 0.5) is 0 Å². The van der Waals surface area contributed by atoms with E-state index in [2.05, 4.69) is 50.8 Å². The monoisotopic (exact) mass is 248 g/mol. The van der Waals surface area contributed by atoms with Crippen LogP contribution in [-0.2, 0) is 7.05 Å². The summed E-state index contributed by atoms with van der Waals surface area (Å²) >= 11 is 3.56. The normalized spacial score (nSPS) is 10.1. The summed E-state index contributed by atoms with van der Waals surface area (Å²) in [6.45, 7) is 0. The molecule has 0 saturated heterocycles. The van der Waals surface area contributed by atoms with Gasteiger partial charge in [0.05, 0.1) is 4.47 Å². The van der Waals surface area contributed by atoms with E-state index in [0.29, 0.717) is 0 Å². The number of aromatic nitrogens is 1. The van der Waals surface area contributed by atoms with Crippen molar-refractivity contribution in [1.82, 2.24) is 0 Å². The zero-order valence-corrected chi connectivity index (χ0v) is 9.53. The molecule has 0 fully saturated rings. The maximum atomic E-state index is 3.56. The summed E-state index contributed by atoms with van der Waals surface area (Å²) in [4.78, 5) is 0. The van der Waals surface area contributed by atoms with Gasteiger partial charge in [0, 0.05) is 11.6 Å². The van der Waals surface area contributed by atoms with Gasteiger partial charge in [-0.15, -0.1) is 0 Å². The lowest BCUT2D eigenvalue weighted by atomic mass is 10.1. The molecule has 2 rings (SSSR count). The number of pyridine rings is 1. The van der Waals surface area contributed by atoms with Gasteiger partial charge in [-0.25, -0.2) is 4.57 Å². The summed E-state index contributed by atoms with van der Waals surface area (Å²) in [7, 11) is 2.05. The van der Waals surface area contributed by atoms with E-state index < -0.39 is 0 Å². The zero-order chi connectivity index (χ0) is 9.97. The summed E-state index contributed by atoms with van der Waals surface area (Å²) < 4.78 is 3.23. The maximum absolute atomic E-state index is 3.56. The first kappa shape index (κ1) is 9.41.